The number of sulfone groups is 1. The van der Waals surface area contributed by atoms with Crippen LogP contribution in [-0.4, -0.2) is 14.3 Å². The molecule has 4 nitrogen and oxygen atoms in total. The van der Waals surface area contributed by atoms with E-state index in [1.807, 2.05) is 44.2 Å². The maximum atomic E-state index is 13.1. The zero-order chi connectivity index (χ0) is 22.2. The zero-order valence-corrected chi connectivity index (χ0v) is 19.4. The number of carbonyl (C=O) groups is 1. The molecule has 0 saturated carbocycles. The van der Waals surface area contributed by atoms with Gasteiger partial charge in [0.05, 0.1) is 21.2 Å². The fourth-order valence-corrected chi connectivity index (χ4v) is 6.15. The lowest BCUT2D eigenvalue weighted by atomic mass is 10.1. The van der Waals surface area contributed by atoms with Crippen LogP contribution >= 0.6 is 23.4 Å². The van der Waals surface area contributed by atoms with Crippen LogP contribution in [0.1, 0.15) is 22.3 Å². The second kappa shape index (κ2) is 8.54. The molecular formula is C24H20ClNO3S2. The van der Waals surface area contributed by atoms with Crippen molar-refractivity contribution < 1.29 is 13.2 Å². The van der Waals surface area contributed by atoms with E-state index in [0.29, 0.717) is 20.5 Å². The molecule has 1 amide bonds. The van der Waals surface area contributed by atoms with E-state index in [9.17, 15) is 13.2 Å². The Bertz CT molecular complexity index is 1290. The first-order valence-electron chi connectivity index (χ1n) is 9.61. The molecule has 3 aromatic rings. The van der Waals surface area contributed by atoms with Crippen LogP contribution in [-0.2, 0) is 20.4 Å². The van der Waals surface area contributed by atoms with Crippen molar-refractivity contribution in [2.45, 2.75) is 29.4 Å². The molecule has 0 fully saturated rings. The van der Waals surface area contributed by atoms with Gasteiger partial charge in [0.15, 0.2) is 9.84 Å². The van der Waals surface area contributed by atoms with Crippen LogP contribution in [0.15, 0.2) is 75.4 Å². The highest BCUT2D eigenvalue weighted by Crippen LogP contribution is 2.40. The summed E-state index contributed by atoms with van der Waals surface area (Å²) in [5, 5.41) is 3.46. The Kier molecular flexibility index (Phi) is 5.97. The van der Waals surface area contributed by atoms with Gasteiger partial charge in [-0.05, 0) is 72.5 Å². The molecule has 4 rings (SSSR count). The first kappa shape index (κ1) is 21.7. The Labute approximate surface area is 191 Å². The molecule has 0 saturated heterocycles. The van der Waals surface area contributed by atoms with Crippen molar-refractivity contribution in [3.05, 3.63) is 92.8 Å². The van der Waals surface area contributed by atoms with Crippen molar-refractivity contribution in [1.29, 1.82) is 0 Å². The van der Waals surface area contributed by atoms with Crippen molar-refractivity contribution in [1.82, 2.24) is 0 Å². The number of thioether (sulfide) groups is 1. The number of aryl methyl sites for hydroxylation is 2. The molecule has 7 heteroatoms. The monoisotopic (exact) mass is 469 g/mol. The summed E-state index contributed by atoms with van der Waals surface area (Å²) >= 11 is 7.18. The highest BCUT2D eigenvalue weighted by Gasteiger charge is 2.25. The minimum Gasteiger partial charge on any atom is -0.320 e. The van der Waals surface area contributed by atoms with Crippen LogP contribution < -0.4 is 5.32 Å². The average molecular weight is 470 g/mol. The molecule has 0 spiro atoms. The number of hydrogen-bond donors (Lipinski definition) is 1. The van der Waals surface area contributed by atoms with E-state index in [-0.39, 0.29) is 16.6 Å². The lowest BCUT2D eigenvalue weighted by Gasteiger charge is -2.20. The van der Waals surface area contributed by atoms with Gasteiger partial charge in [0.2, 0.25) is 0 Å². The van der Waals surface area contributed by atoms with Crippen molar-refractivity contribution in [3.63, 3.8) is 0 Å². The molecular weight excluding hydrogens is 450 g/mol. The van der Waals surface area contributed by atoms with E-state index < -0.39 is 9.84 Å². The maximum Gasteiger partial charge on any atom is 0.262 e. The molecule has 0 aliphatic carbocycles. The van der Waals surface area contributed by atoms with E-state index >= 15 is 0 Å². The molecule has 1 heterocycles. The van der Waals surface area contributed by atoms with Gasteiger partial charge in [0.25, 0.3) is 5.91 Å². The van der Waals surface area contributed by atoms with Gasteiger partial charge >= 0.3 is 0 Å². The fraction of sp³-hybridized carbons (Fsp3) is 0.125. The quantitative estimate of drug-likeness (QED) is 0.475. The molecule has 0 unspecified atom stereocenters. The van der Waals surface area contributed by atoms with Crippen molar-refractivity contribution in [3.8, 4) is 0 Å². The van der Waals surface area contributed by atoms with Gasteiger partial charge in [0, 0.05) is 9.92 Å². The van der Waals surface area contributed by atoms with Crippen LogP contribution in [0.2, 0.25) is 5.02 Å². The second-order valence-corrected chi connectivity index (χ2v) is 10.9. The molecule has 0 aromatic heterocycles. The number of anilines is 1. The van der Waals surface area contributed by atoms with Crippen LogP contribution in [0.5, 0.6) is 0 Å². The Hall–Kier alpha value is -2.54. The van der Waals surface area contributed by atoms with Gasteiger partial charge < -0.3 is 5.32 Å². The first-order valence-corrected chi connectivity index (χ1v) is 12.5. The van der Waals surface area contributed by atoms with Crippen LogP contribution in [0.3, 0.4) is 0 Å². The Morgan fingerprint density at radius 2 is 1.68 bits per heavy atom. The SMILES string of the molecule is Cc1cccc(C)c1CS(=O)(=O)c1ccc2c(c1)SC(=Cc1ccc(Cl)cc1)C(=O)N2. The Morgan fingerprint density at radius 1 is 1.00 bits per heavy atom. The van der Waals surface area contributed by atoms with E-state index in [1.165, 1.54) is 11.8 Å². The Morgan fingerprint density at radius 3 is 2.35 bits per heavy atom. The predicted octanol–water partition coefficient (Wildman–Crippen LogP) is 6.02. The van der Waals surface area contributed by atoms with E-state index in [1.54, 1.807) is 36.4 Å². The summed E-state index contributed by atoms with van der Waals surface area (Å²) in [5.74, 6) is -0.284. The summed E-state index contributed by atoms with van der Waals surface area (Å²) in [5.41, 5.74) is 4.18. The molecule has 31 heavy (non-hydrogen) atoms. The van der Waals surface area contributed by atoms with Gasteiger partial charge in [0.1, 0.15) is 0 Å². The van der Waals surface area contributed by atoms with Gasteiger partial charge in [-0.25, -0.2) is 8.42 Å². The van der Waals surface area contributed by atoms with E-state index in [4.69, 9.17) is 11.6 Å². The van der Waals surface area contributed by atoms with Crippen molar-refractivity contribution in [2.24, 2.45) is 0 Å². The van der Waals surface area contributed by atoms with Crippen molar-refractivity contribution in [2.75, 3.05) is 5.32 Å². The minimum atomic E-state index is -3.55. The second-order valence-electron chi connectivity index (χ2n) is 7.40. The number of rotatable bonds is 4. The third-order valence-corrected chi connectivity index (χ3v) is 8.12. The smallest absolute Gasteiger partial charge is 0.262 e. The molecule has 3 aromatic carbocycles. The molecule has 158 valence electrons. The largest absolute Gasteiger partial charge is 0.320 e. The number of fused-ring (bicyclic) bond motifs is 1. The molecule has 0 bridgehead atoms. The third-order valence-electron chi connectivity index (χ3n) is 5.15. The zero-order valence-electron chi connectivity index (χ0n) is 17.0. The van der Waals surface area contributed by atoms with Crippen molar-refractivity contribution >= 4 is 50.9 Å². The molecule has 1 aliphatic rings. The number of nitrogens with one attached hydrogen (secondary N) is 1. The standard InChI is InChI=1S/C24H20ClNO3S2/c1-15-4-3-5-16(2)20(15)14-31(28,29)19-10-11-21-22(13-19)30-23(24(27)26-21)12-17-6-8-18(25)9-7-17/h3-13H,14H2,1-2H3,(H,26,27). The van der Waals surface area contributed by atoms with Gasteiger partial charge in [-0.1, -0.05) is 53.7 Å². The highest BCUT2D eigenvalue weighted by molar-refractivity contribution is 8.04. The maximum absolute atomic E-state index is 13.1. The lowest BCUT2D eigenvalue weighted by molar-refractivity contribution is -0.112. The van der Waals surface area contributed by atoms with Gasteiger partial charge in [-0.3, -0.25) is 4.79 Å². The number of halogens is 1. The number of carbonyl (C=O) groups excluding carboxylic acids is 1. The summed E-state index contributed by atoms with van der Waals surface area (Å²) in [6.07, 6.45) is 1.76. The normalized spacial score (nSPS) is 14.9. The summed E-state index contributed by atoms with van der Waals surface area (Å²) in [6, 6.07) is 17.8. The van der Waals surface area contributed by atoms with E-state index in [2.05, 4.69) is 5.32 Å². The number of amides is 1. The third kappa shape index (κ3) is 4.71. The summed E-state index contributed by atoms with van der Waals surface area (Å²) < 4.78 is 26.3. The minimum absolute atomic E-state index is 0.0607. The summed E-state index contributed by atoms with van der Waals surface area (Å²) in [6.45, 7) is 3.84. The molecule has 0 atom stereocenters. The molecule has 1 N–H and O–H groups in total. The fourth-order valence-electron chi connectivity index (χ4n) is 3.39. The van der Waals surface area contributed by atoms with Crippen LogP contribution in [0.4, 0.5) is 5.69 Å². The highest BCUT2D eigenvalue weighted by atomic mass is 35.5. The first-order chi connectivity index (χ1) is 14.7. The lowest BCUT2D eigenvalue weighted by Crippen LogP contribution is -2.17. The average Bonchev–Trinajstić information content (AvgIpc) is 2.73. The Balaban J connectivity index is 1.65. The number of benzene rings is 3. The van der Waals surface area contributed by atoms with Gasteiger partial charge in [-0.2, -0.15) is 0 Å². The summed E-state index contributed by atoms with van der Waals surface area (Å²) in [4.78, 5) is 13.9. The van der Waals surface area contributed by atoms with Crippen LogP contribution in [0, 0.1) is 13.8 Å². The van der Waals surface area contributed by atoms with Gasteiger partial charge in [-0.15, -0.1) is 0 Å². The molecule has 0 radical (unpaired) electrons. The summed E-state index contributed by atoms with van der Waals surface area (Å²) in [7, 11) is -3.55. The topological polar surface area (TPSA) is 63.2 Å². The number of hydrogen-bond acceptors (Lipinski definition) is 4. The molecule has 1 aliphatic heterocycles. The van der Waals surface area contributed by atoms with Crippen LogP contribution in [0.25, 0.3) is 6.08 Å². The van der Waals surface area contributed by atoms with E-state index in [0.717, 1.165) is 22.3 Å². The predicted molar refractivity (Wildman–Crippen MR) is 127 cm³/mol.